The Balaban J connectivity index is 2.24. The molecule has 2 rings (SSSR count). The van der Waals surface area contributed by atoms with E-state index in [1.54, 1.807) is 16.9 Å². The number of nitrogens with one attached hydrogen (secondary N) is 2. The topological polar surface area (TPSA) is 88.7 Å². The minimum atomic E-state index is -0.221. The van der Waals surface area contributed by atoms with E-state index in [0.717, 1.165) is 17.1 Å². The van der Waals surface area contributed by atoms with Crippen LogP contribution in [0.25, 0.3) is 0 Å². The molecule has 1 amide bonds. The van der Waals surface area contributed by atoms with Crippen molar-refractivity contribution in [3.8, 4) is 0 Å². The van der Waals surface area contributed by atoms with Crippen molar-refractivity contribution in [3.63, 3.8) is 0 Å². The van der Waals surface area contributed by atoms with Crippen LogP contribution in [0, 0.1) is 13.8 Å². The van der Waals surface area contributed by atoms with Crippen LogP contribution in [0.15, 0.2) is 12.3 Å². The second kappa shape index (κ2) is 3.97. The molecule has 0 spiro atoms. The number of hydrogen-bond donors (Lipinski definition) is 3. The van der Waals surface area contributed by atoms with Crippen LogP contribution in [-0.4, -0.2) is 20.7 Å². The van der Waals surface area contributed by atoms with Crippen molar-refractivity contribution in [1.82, 2.24) is 14.8 Å². The summed E-state index contributed by atoms with van der Waals surface area (Å²) < 4.78 is 1.73. The van der Waals surface area contributed by atoms with Gasteiger partial charge >= 0.3 is 0 Å². The monoisotopic (exact) mass is 233 g/mol. The molecular formula is C11H15N5O. The van der Waals surface area contributed by atoms with Gasteiger partial charge in [-0.25, -0.2) is 0 Å². The van der Waals surface area contributed by atoms with Crippen LogP contribution in [0.2, 0.25) is 0 Å². The lowest BCUT2D eigenvalue weighted by molar-refractivity contribution is 0.102. The Morgan fingerprint density at radius 2 is 2.24 bits per heavy atom. The zero-order chi connectivity index (χ0) is 12.6. The molecule has 0 aliphatic heterocycles. The first-order chi connectivity index (χ1) is 7.99. The molecule has 6 nitrogen and oxygen atoms in total. The zero-order valence-corrected chi connectivity index (χ0v) is 10.0. The molecule has 0 fully saturated rings. The Labute approximate surface area is 98.8 Å². The molecule has 0 bridgehead atoms. The SMILES string of the molecule is Cc1nn(C)c(C)c1NC(=O)c1cc(N)c[nH]1. The van der Waals surface area contributed by atoms with Gasteiger partial charge in [0.05, 0.1) is 17.1 Å². The molecule has 0 aliphatic rings. The van der Waals surface area contributed by atoms with E-state index in [1.807, 2.05) is 20.9 Å². The number of rotatable bonds is 2. The Kier molecular flexibility index (Phi) is 2.63. The van der Waals surface area contributed by atoms with E-state index in [1.165, 1.54) is 0 Å². The van der Waals surface area contributed by atoms with Gasteiger partial charge in [0.1, 0.15) is 5.69 Å². The predicted octanol–water partition coefficient (Wildman–Crippen LogP) is 1.20. The predicted molar refractivity (Wildman–Crippen MR) is 65.8 cm³/mol. The third kappa shape index (κ3) is 2.01. The number of carbonyl (C=O) groups is 1. The molecule has 2 aromatic rings. The maximum atomic E-state index is 11.9. The second-order valence-electron chi connectivity index (χ2n) is 3.97. The first-order valence-electron chi connectivity index (χ1n) is 5.24. The summed E-state index contributed by atoms with van der Waals surface area (Å²) in [6.07, 6.45) is 1.58. The number of nitrogen functional groups attached to an aromatic ring is 1. The molecule has 2 aromatic heterocycles. The van der Waals surface area contributed by atoms with Gasteiger partial charge in [-0.3, -0.25) is 9.48 Å². The number of aryl methyl sites for hydroxylation is 2. The highest BCUT2D eigenvalue weighted by Crippen LogP contribution is 2.19. The van der Waals surface area contributed by atoms with Crippen molar-refractivity contribution in [2.45, 2.75) is 13.8 Å². The van der Waals surface area contributed by atoms with Gasteiger partial charge in [-0.05, 0) is 19.9 Å². The lowest BCUT2D eigenvalue weighted by atomic mass is 10.3. The van der Waals surface area contributed by atoms with Crippen LogP contribution in [-0.2, 0) is 7.05 Å². The summed E-state index contributed by atoms with van der Waals surface area (Å²) in [5.41, 5.74) is 8.96. The molecule has 0 atom stereocenters. The highest BCUT2D eigenvalue weighted by Gasteiger charge is 2.14. The van der Waals surface area contributed by atoms with Crippen LogP contribution in [0.5, 0.6) is 0 Å². The average Bonchev–Trinajstić information content (AvgIpc) is 2.79. The van der Waals surface area contributed by atoms with Crippen molar-refractivity contribution in [2.24, 2.45) is 7.05 Å². The lowest BCUT2D eigenvalue weighted by Gasteiger charge is -2.03. The van der Waals surface area contributed by atoms with E-state index < -0.39 is 0 Å². The maximum absolute atomic E-state index is 11.9. The second-order valence-corrected chi connectivity index (χ2v) is 3.97. The zero-order valence-electron chi connectivity index (χ0n) is 10.0. The molecule has 0 saturated carbocycles. The third-order valence-electron chi connectivity index (χ3n) is 2.70. The van der Waals surface area contributed by atoms with Crippen molar-refractivity contribution < 1.29 is 4.79 Å². The van der Waals surface area contributed by atoms with Gasteiger partial charge in [-0.2, -0.15) is 5.10 Å². The number of amides is 1. The van der Waals surface area contributed by atoms with E-state index in [0.29, 0.717) is 11.4 Å². The molecule has 0 saturated heterocycles. The number of hydrogen-bond acceptors (Lipinski definition) is 3. The fraction of sp³-hybridized carbons (Fsp3) is 0.273. The Bertz CT molecular complexity index is 566. The number of H-pyrrole nitrogens is 1. The maximum Gasteiger partial charge on any atom is 0.272 e. The van der Waals surface area contributed by atoms with Crippen molar-refractivity contribution in [1.29, 1.82) is 0 Å². The summed E-state index contributed by atoms with van der Waals surface area (Å²) in [7, 11) is 1.84. The van der Waals surface area contributed by atoms with Crippen LogP contribution >= 0.6 is 0 Å². The van der Waals surface area contributed by atoms with E-state index in [9.17, 15) is 4.79 Å². The van der Waals surface area contributed by atoms with E-state index in [4.69, 9.17) is 5.73 Å². The summed E-state index contributed by atoms with van der Waals surface area (Å²) in [4.78, 5) is 14.7. The van der Waals surface area contributed by atoms with Gasteiger partial charge < -0.3 is 16.0 Å². The van der Waals surface area contributed by atoms with Crippen LogP contribution in [0.1, 0.15) is 21.9 Å². The third-order valence-corrected chi connectivity index (χ3v) is 2.70. The van der Waals surface area contributed by atoms with Gasteiger partial charge in [0.2, 0.25) is 0 Å². The largest absolute Gasteiger partial charge is 0.397 e. The summed E-state index contributed by atoms with van der Waals surface area (Å²) >= 11 is 0. The van der Waals surface area contributed by atoms with Gasteiger partial charge in [0.15, 0.2) is 0 Å². The number of anilines is 2. The van der Waals surface area contributed by atoms with Crippen molar-refractivity contribution in [3.05, 3.63) is 29.3 Å². The smallest absolute Gasteiger partial charge is 0.272 e. The van der Waals surface area contributed by atoms with Gasteiger partial charge in [-0.1, -0.05) is 0 Å². The Hall–Kier alpha value is -2.24. The van der Waals surface area contributed by atoms with E-state index in [-0.39, 0.29) is 5.91 Å². The molecule has 17 heavy (non-hydrogen) atoms. The fourth-order valence-corrected chi connectivity index (χ4v) is 1.68. The van der Waals surface area contributed by atoms with E-state index in [2.05, 4.69) is 15.4 Å². The molecule has 0 unspecified atom stereocenters. The number of nitrogens with two attached hydrogens (primary N) is 1. The van der Waals surface area contributed by atoms with Crippen LogP contribution in [0.4, 0.5) is 11.4 Å². The minimum absolute atomic E-state index is 0.221. The molecule has 0 aliphatic carbocycles. The van der Waals surface area contributed by atoms with Crippen LogP contribution in [0.3, 0.4) is 0 Å². The van der Waals surface area contributed by atoms with Gasteiger partial charge in [0, 0.05) is 18.9 Å². The molecule has 4 N–H and O–H groups in total. The first kappa shape index (κ1) is 11.3. The highest BCUT2D eigenvalue weighted by molar-refractivity contribution is 6.04. The number of carbonyl (C=O) groups excluding carboxylic acids is 1. The number of nitrogens with zero attached hydrogens (tertiary/aromatic N) is 2. The summed E-state index contributed by atoms with van der Waals surface area (Å²) in [5, 5.41) is 7.05. The van der Waals surface area contributed by atoms with Gasteiger partial charge in [0.25, 0.3) is 5.91 Å². The summed E-state index contributed by atoms with van der Waals surface area (Å²) in [6, 6.07) is 1.59. The summed E-state index contributed by atoms with van der Waals surface area (Å²) in [6.45, 7) is 3.75. The number of aromatic nitrogens is 3. The Morgan fingerprint density at radius 3 is 2.71 bits per heavy atom. The van der Waals surface area contributed by atoms with E-state index >= 15 is 0 Å². The Morgan fingerprint density at radius 1 is 1.53 bits per heavy atom. The summed E-state index contributed by atoms with van der Waals surface area (Å²) in [5.74, 6) is -0.221. The molecule has 2 heterocycles. The van der Waals surface area contributed by atoms with Crippen molar-refractivity contribution >= 4 is 17.3 Å². The van der Waals surface area contributed by atoms with Crippen LogP contribution < -0.4 is 11.1 Å². The van der Waals surface area contributed by atoms with Gasteiger partial charge in [-0.15, -0.1) is 0 Å². The molecular weight excluding hydrogens is 218 g/mol. The molecule has 6 heteroatoms. The first-order valence-corrected chi connectivity index (χ1v) is 5.24. The molecule has 0 radical (unpaired) electrons. The highest BCUT2D eigenvalue weighted by atomic mass is 16.1. The lowest BCUT2D eigenvalue weighted by Crippen LogP contribution is -2.13. The normalized spacial score (nSPS) is 10.5. The molecule has 90 valence electrons. The number of aromatic amines is 1. The average molecular weight is 233 g/mol. The van der Waals surface area contributed by atoms with Crippen molar-refractivity contribution in [2.75, 3.05) is 11.1 Å². The minimum Gasteiger partial charge on any atom is -0.397 e. The fourth-order valence-electron chi connectivity index (χ4n) is 1.68. The standard InChI is InChI=1S/C11H15N5O/c1-6-10(7(2)16(3)15-6)14-11(17)9-4-8(12)5-13-9/h4-5,13H,12H2,1-3H3,(H,14,17). The molecule has 0 aromatic carbocycles. The quantitative estimate of drug-likeness (QED) is 0.728.